The Morgan fingerprint density at radius 1 is 1.23 bits per heavy atom. The van der Waals surface area contributed by atoms with E-state index in [0.29, 0.717) is 13.0 Å². The highest BCUT2D eigenvalue weighted by atomic mass is 16.5. The molecule has 1 fully saturated rings. The minimum atomic E-state index is -0.491. The standard InChI is InChI=1S/C18H27NO3/c1-12-3-8-15(9-4-12)22-11-16-17(20)10-7-14-6-5-13(2)18(21)19(14)16/h5-6,12,15-17,20H,3-4,7-11H2,1-2H3. The first kappa shape index (κ1) is 15.8. The van der Waals surface area contributed by atoms with Crippen LogP contribution in [0.5, 0.6) is 0 Å². The topological polar surface area (TPSA) is 51.5 Å². The minimum Gasteiger partial charge on any atom is -0.391 e. The lowest BCUT2D eigenvalue weighted by Crippen LogP contribution is -2.42. The summed E-state index contributed by atoms with van der Waals surface area (Å²) in [7, 11) is 0. The van der Waals surface area contributed by atoms with Gasteiger partial charge in [-0.15, -0.1) is 0 Å². The quantitative estimate of drug-likeness (QED) is 0.934. The molecule has 1 aliphatic heterocycles. The summed E-state index contributed by atoms with van der Waals surface area (Å²) in [4.78, 5) is 12.5. The molecule has 0 radical (unpaired) electrons. The number of nitrogens with zero attached hydrogens (tertiary/aromatic N) is 1. The zero-order chi connectivity index (χ0) is 15.7. The highest BCUT2D eigenvalue weighted by molar-refractivity contribution is 5.18. The van der Waals surface area contributed by atoms with Crippen molar-refractivity contribution >= 4 is 0 Å². The predicted molar refractivity (Wildman–Crippen MR) is 86.2 cm³/mol. The fraction of sp³-hybridized carbons (Fsp3) is 0.722. The van der Waals surface area contributed by atoms with E-state index in [1.54, 1.807) is 4.57 Å². The molecule has 0 bridgehead atoms. The summed E-state index contributed by atoms with van der Waals surface area (Å²) in [6, 6.07) is 3.65. The largest absolute Gasteiger partial charge is 0.391 e. The smallest absolute Gasteiger partial charge is 0.254 e. The monoisotopic (exact) mass is 305 g/mol. The highest BCUT2D eigenvalue weighted by Gasteiger charge is 2.30. The highest BCUT2D eigenvalue weighted by Crippen LogP contribution is 2.28. The fourth-order valence-corrected chi connectivity index (χ4v) is 3.74. The first-order chi connectivity index (χ1) is 10.6. The Bertz CT molecular complexity index is 572. The summed E-state index contributed by atoms with van der Waals surface area (Å²) >= 11 is 0. The van der Waals surface area contributed by atoms with Crippen LogP contribution in [-0.2, 0) is 11.2 Å². The summed E-state index contributed by atoms with van der Waals surface area (Å²) in [6.45, 7) is 4.56. The maximum Gasteiger partial charge on any atom is 0.254 e. The molecule has 2 heterocycles. The van der Waals surface area contributed by atoms with Gasteiger partial charge in [0.2, 0.25) is 0 Å². The molecule has 0 amide bonds. The molecule has 2 aliphatic rings. The van der Waals surface area contributed by atoms with Crippen molar-refractivity contribution in [2.75, 3.05) is 6.61 Å². The molecule has 0 saturated heterocycles. The molecule has 2 unspecified atom stereocenters. The van der Waals surface area contributed by atoms with Crippen LogP contribution in [-0.4, -0.2) is 28.5 Å². The molecule has 122 valence electrons. The molecule has 1 N–H and O–H groups in total. The van der Waals surface area contributed by atoms with Crippen LogP contribution in [0, 0.1) is 12.8 Å². The molecule has 3 rings (SSSR count). The van der Waals surface area contributed by atoms with E-state index >= 15 is 0 Å². The van der Waals surface area contributed by atoms with Gasteiger partial charge in [0, 0.05) is 11.3 Å². The van der Waals surface area contributed by atoms with Crippen LogP contribution in [0.1, 0.15) is 56.3 Å². The second-order valence-electron chi connectivity index (χ2n) is 7.07. The first-order valence-corrected chi connectivity index (χ1v) is 8.57. The maximum atomic E-state index is 12.5. The lowest BCUT2D eigenvalue weighted by Gasteiger charge is -2.34. The van der Waals surface area contributed by atoms with Gasteiger partial charge in [-0.3, -0.25) is 4.79 Å². The third-order valence-corrected chi connectivity index (χ3v) is 5.33. The molecule has 22 heavy (non-hydrogen) atoms. The van der Waals surface area contributed by atoms with Gasteiger partial charge in [-0.1, -0.05) is 13.0 Å². The Morgan fingerprint density at radius 2 is 1.95 bits per heavy atom. The summed E-state index contributed by atoms with van der Waals surface area (Å²) in [5.41, 5.74) is 1.77. The molecular weight excluding hydrogens is 278 g/mol. The molecule has 1 aromatic rings. The average molecular weight is 305 g/mol. The van der Waals surface area contributed by atoms with Gasteiger partial charge in [0.1, 0.15) is 0 Å². The number of aliphatic hydroxyl groups excluding tert-OH is 1. The van der Waals surface area contributed by atoms with Gasteiger partial charge in [-0.2, -0.15) is 0 Å². The molecule has 1 saturated carbocycles. The molecule has 4 heteroatoms. The van der Waals surface area contributed by atoms with Crippen molar-refractivity contribution in [2.45, 2.75) is 70.6 Å². The van der Waals surface area contributed by atoms with Crippen LogP contribution in [0.2, 0.25) is 0 Å². The number of fused-ring (bicyclic) bond motifs is 1. The lowest BCUT2D eigenvalue weighted by molar-refractivity contribution is -0.0320. The average Bonchev–Trinajstić information content (AvgIpc) is 2.52. The van der Waals surface area contributed by atoms with Crippen LogP contribution < -0.4 is 5.56 Å². The molecule has 0 aromatic carbocycles. The molecule has 0 spiro atoms. The van der Waals surface area contributed by atoms with E-state index in [1.807, 2.05) is 19.1 Å². The SMILES string of the molecule is Cc1ccc2n(c1=O)C(COC1CCC(C)CC1)C(O)CC2. The number of aryl methyl sites for hydroxylation is 2. The fourth-order valence-electron chi connectivity index (χ4n) is 3.74. The summed E-state index contributed by atoms with van der Waals surface area (Å²) in [5, 5.41) is 10.4. The van der Waals surface area contributed by atoms with Crippen LogP contribution in [0.3, 0.4) is 0 Å². The third-order valence-electron chi connectivity index (χ3n) is 5.33. The summed E-state index contributed by atoms with van der Waals surface area (Å²) in [6.07, 6.45) is 5.88. The Kier molecular flexibility index (Phi) is 4.69. The normalized spacial score (nSPS) is 31.8. The van der Waals surface area contributed by atoms with Crippen molar-refractivity contribution in [2.24, 2.45) is 5.92 Å². The number of rotatable bonds is 3. The van der Waals surface area contributed by atoms with Gasteiger partial charge < -0.3 is 14.4 Å². The lowest BCUT2D eigenvalue weighted by atomic mass is 9.89. The number of hydrogen-bond donors (Lipinski definition) is 1. The van der Waals surface area contributed by atoms with Gasteiger partial charge in [0.15, 0.2) is 0 Å². The predicted octanol–water partition coefficient (Wildman–Crippen LogP) is 2.60. The van der Waals surface area contributed by atoms with E-state index in [9.17, 15) is 9.90 Å². The van der Waals surface area contributed by atoms with Crippen molar-refractivity contribution in [3.8, 4) is 0 Å². The number of hydrogen-bond acceptors (Lipinski definition) is 3. The minimum absolute atomic E-state index is 0.0158. The zero-order valence-electron chi connectivity index (χ0n) is 13.6. The zero-order valence-corrected chi connectivity index (χ0v) is 13.6. The Labute approximate surface area is 132 Å². The molecule has 1 aliphatic carbocycles. The number of ether oxygens (including phenoxy) is 1. The molecule has 2 atom stereocenters. The van der Waals surface area contributed by atoms with Gasteiger partial charge in [0.25, 0.3) is 5.56 Å². The van der Waals surface area contributed by atoms with E-state index in [4.69, 9.17) is 4.74 Å². The molecular formula is C18H27NO3. The van der Waals surface area contributed by atoms with Crippen molar-refractivity contribution in [3.05, 3.63) is 33.7 Å². The third kappa shape index (κ3) is 3.13. The molecule has 1 aromatic heterocycles. The van der Waals surface area contributed by atoms with Crippen LogP contribution >= 0.6 is 0 Å². The van der Waals surface area contributed by atoms with Gasteiger partial charge in [0.05, 0.1) is 24.9 Å². The van der Waals surface area contributed by atoms with Crippen molar-refractivity contribution in [1.82, 2.24) is 4.57 Å². The van der Waals surface area contributed by atoms with E-state index in [0.717, 1.165) is 36.4 Å². The first-order valence-electron chi connectivity index (χ1n) is 8.57. The number of pyridine rings is 1. The number of aliphatic hydroxyl groups is 1. The van der Waals surface area contributed by atoms with E-state index in [2.05, 4.69) is 6.92 Å². The van der Waals surface area contributed by atoms with Gasteiger partial charge in [-0.25, -0.2) is 0 Å². The summed E-state index contributed by atoms with van der Waals surface area (Å²) in [5.74, 6) is 0.797. The second-order valence-corrected chi connectivity index (χ2v) is 7.07. The maximum absolute atomic E-state index is 12.5. The Morgan fingerprint density at radius 3 is 2.68 bits per heavy atom. The number of aromatic nitrogens is 1. The van der Waals surface area contributed by atoms with Crippen LogP contribution in [0.15, 0.2) is 16.9 Å². The van der Waals surface area contributed by atoms with E-state index < -0.39 is 6.10 Å². The van der Waals surface area contributed by atoms with E-state index in [-0.39, 0.29) is 17.7 Å². The summed E-state index contributed by atoms with van der Waals surface area (Å²) < 4.78 is 7.85. The van der Waals surface area contributed by atoms with Gasteiger partial charge in [-0.05, 0) is 57.4 Å². The Balaban J connectivity index is 1.74. The molecule has 4 nitrogen and oxygen atoms in total. The van der Waals surface area contributed by atoms with Crippen molar-refractivity contribution in [3.63, 3.8) is 0 Å². The van der Waals surface area contributed by atoms with E-state index in [1.165, 1.54) is 12.8 Å². The Hall–Kier alpha value is -1.13. The van der Waals surface area contributed by atoms with Crippen LogP contribution in [0.4, 0.5) is 0 Å². The van der Waals surface area contributed by atoms with Crippen LogP contribution in [0.25, 0.3) is 0 Å². The van der Waals surface area contributed by atoms with Gasteiger partial charge >= 0.3 is 0 Å². The second kappa shape index (κ2) is 6.55. The van der Waals surface area contributed by atoms with Crippen molar-refractivity contribution in [1.29, 1.82) is 0 Å². The van der Waals surface area contributed by atoms with Crippen molar-refractivity contribution < 1.29 is 9.84 Å².